The Morgan fingerprint density at radius 2 is 0.971 bits per heavy atom. The van der Waals surface area contributed by atoms with Crippen LogP contribution in [-0.4, -0.2) is 20.2 Å². The third-order valence-corrected chi connectivity index (χ3v) is 7.06. The van der Waals surface area contributed by atoms with Crippen LogP contribution in [0.15, 0.2) is 97.1 Å². The van der Waals surface area contributed by atoms with Gasteiger partial charge in [-0.1, -0.05) is 74.5 Å². The summed E-state index contributed by atoms with van der Waals surface area (Å²) in [6, 6.07) is 31.8. The molecule has 0 radical (unpaired) electrons. The molecule has 4 nitrogen and oxygen atoms in total. The molecule has 0 saturated heterocycles. The summed E-state index contributed by atoms with van der Waals surface area (Å²) in [6.45, 7) is 4.06. The quantitative estimate of drug-likeness (QED) is 0.218. The number of aromatic hydroxyl groups is 2. The first kappa shape index (κ1) is 21.1. The summed E-state index contributed by atoms with van der Waals surface area (Å²) < 4.78 is 0. The number of benzene rings is 4. The van der Waals surface area contributed by atoms with Crippen LogP contribution in [0.1, 0.15) is 25.0 Å². The van der Waals surface area contributed by atoms with Gasteiger partial charge in [-0.25, -0.2) is 0 Å². The van der Waals surface area contributed by atoms with E-state index < -0.39 is 5.41 Å². The van der Waals surface area contributed by atoms with E-state index in [2.05, 4.69) is 22.1 Å². The van der Waals surface area contributed by atoms with E-state index in [0.29, 0.717) is 0 Å². The molecule has 0 aliphatic rings. The van der Waals surface area contributed by atoms with Gasteiger partial charge in [0.15, 0.2) is 0 Å². The standard InChI is InChI=1S/C31H26N2O2/c1-31(2,23-13-7-11-21(29(23)34)27-17-19-9-3-5-15-25(19)32-27)24-14-8-12-22(30(24)35)28-18-20-10-4-6-16-26(20)33-28/h3-18,32-35H,1-2H3. The van der Waals surface area contributed by atoms with Gasteiger partial charge in [0.1, 0.15) is 11.5 Å². The zero-order chi connectivity index (χ0) is 24.2. The van der Waals surface area contributed by atoms with Crippen LogP contribution in [0.25, 0.3) is 44.3 Å². The fourth-order valence-electron chi connectivity index (χ4n) is 5.11. The highest BCUT2D eigenvalue weighted by atomic mass is 16.3. The first-order valence-corrected chi connectivity index (χ1v) is 11.7. The maximum atomic E-state index is 11.4. The van der Waals surface area contributed by atoms with E-state index in [0.717, 1.165) is 55.4 Å². The number of nitrogens with one attached hydrogen (secondary N) is 2. The summed E-state index contributed by atoms with van der Waals surface area (Å²) in [6.07, 6.45) is 0. The number of fused-ring (bicyclic) bond motifs is 2. The van der Waals surface area contributed by atoms with Gasteiger partial charge in [0.25, 0.3) is 0 Å². The van der Waals surface area contributed by atoms with Gasteiger partial charge in [-0.05, 0) is 36.4 Å². The topological polar surface area (TPSA) is 72.0 Å². The molecule has 6 rings (SSSR count). The minimum Gasteiger partial charge on any atom is -0.507 e. The average molecular weight is 459 g/mol. The molecule has 0 saturated carbocycles. The molecule has 0 atom stereocenters. The van der Waals surface area contributed by atoms with Crippen molar-refractivity contribution in [2.24, 2.45) is 0 Å². The van der Waals surface area contributed by atoms with Crippen LogP contribution in [-0.2, 0) is 5.41 Å². The number of H-pyrrole nitrogens is 2. The number of phenols is 2. The number of aromatic amines is 2. The van der Waals surface area contributed by atoms with Gasteiger partial charge in [-0.2, -0.15) is 0 Å². The lowest BCUT2D eigenvalue weighted by Crippen LogP contribution is -2.19. The molecule has 0 bridgehead atoms. The van der Waals surface area contributed by atoms with E-state index in [9.17, 15) is 10.2 Å². The number of hydrogen-bond acceptors (Lipinski definition) is 2. The van der Waals surface area contributed by atoms with Crippen LogP contribution in [0.3, 0.4) is 0 Å². The highest BCUT2D eigenvalue weighted by Gasteiger charge is 2.31. The normalized spacial score (nSPS) is 11.9. The van der Waals surface area contributed by atoms with Crippen molar-refractivity contribution in [3.63, 3.8) is 0 Å². The molecular weight excluding hydrogens is 432 g/mol. The average Bonchev–Trinajstić information content (AvgIpc) is 3.48. The smallest absolute Gasteiger partial charge is 0.128 e. The van der Waals surface area contributed by atoms with Gasteiger partial charge in [0.2, 0.25) is 0 Å². The summed E-state index contributed by atoms with van der Waals surface area (Å²) in [5.41, 5.74) is 6.07. The Bertz CT molecular complexity index is 1510. The molecule has 0 aliphatic carbocycles. The first-order chi connectivity index (χ1) is 16.9. The number of aromatic nitrogens is 2. The molecule has 35 heavy (non-hydrogen) atoms. The lowest BCUT2D eigenvalue weighted by molar-refractivity contribution is 0.437. The summed E-state index contributed by atoms with van der Waals surface area (Å²) in [4.78, 5) is 6.82. The van der Waals surface area contributed by atoms with Crippen molar-refractivity contribution < 1.29 is 10.2 Å². The summed E-state index contributed by atoms with van der Waals surface area (Å²) >= 11 is 0. The van der Waals surface area contributed by atoms with E-state index in [1.54, 1.807) is 0 Å². The van der Waals surface area contributed by atoms with E-state index in [1.165, 1.54) is 0 Å². The van der Waals surface area contributed by atoms with Crippen molar-refractivity contribution in [3.8, 4) is 34.0 Å². The molecule has 0 spiro atoms. The minimum absolute atomic E-state index is 0.208. The van der Waals surface area contributed by atoms with Gasteiger partial charge >= 0.3 is 0 Å². The second-order valence-electron chi connectivity index (χ2n) is 9.57. The van der Waals surface area contributed by atoms with E-state index in [4.69, 9.17) is 0 Å². The van der Waals surface area contributed by atoms with Crippen LogP contribution in [0, 0.1) is 0 Å². The molecule has 0 aliphatic heterocycles. The number of para-hydroxylation sites is 4. The van der Waals surface area contributed by atoms with E-state index in [-0.39, 0.29) is 11.5 Å². The third kappa shape index (κ3) is 3.38. The molecule has 6 aromatic rings. The molecule has 0 amide bonds. The lowest BCUT2D eigenvalue weighted by atomic mass is 9.75. The Balaban J connectivity index is 1.46. The predicted octanol–water partition coefficient (Wildman–Crippen LogP) is 7.72. The Hall–Kier alpha value is -4.44. The van der Waals surface area contributed by atoms with Gasteiger partial charge in [-0.3, -0.25) is 0 Å². The summed E-state index contributed by atoms with van der Waals surface area (Å²) in [7, 11) is 0. The second kappa shape index (κ2) is 7.81. The molecular formula is C31H26N2O2. The molecule has 4 aromatic carbocycles. The highest BCUT2D eigenvalue weighted by Crippen LogP contribution is 2.46. The fourth-order valence-corrected chi connectivity index (χ4v) is 5.11. The summed E-state index contributed by atoms with van der Waals surface area (Å²) in [5, 5.41) is 25.0. The van der Waals surface area contributed by atoms with Gasteiger partial charge in [-0.15, -0.1) is 0 Å². The largest absolute Gasteiger partial charge is 0.507 e. The zero-order valence-corrected chi connectivity index (χ0v) is 19.6. The second-order valence-corrected chi connectivity index (χ2v) is 9.57. The zero-order valence-electron chi connectivity index (χ0n) is 19.6. The Labute approximate surface area is 203 Å². The van der Waals surface area contributed by atoms with Crippen molar-refractivity contribution in [1.29, 1.82) is 0 Å². The molecule has 4 N–H and O–H groups in total. The maximum Gasteiger partial charge on any atom is 0.128 e. The number of rotatable bonds is 4. The lowest BCUT2D eigenvalue weighted by Gasteiger charge is -2.29. The molecule has 172 valence electrons. The van der Waals surface area contributed by atoms with E-state index >= 15 is 0 Å². The van der Waals surface area contributed by atoms with Gasteiger partial charge in [0, 0.05) is 49.5 Å². The molecule has 4 heteroatoms. The van der Waals surface area contributed by atoms with Crippen molar-refractivity contribution in [2.75, 3.05) is 0 Å². The van der Waals surface area contributed by atoms with Crippen LogP contribution in [0.2, 0.25) is 0 Å². The molecule has 2 aromatic heterocycles. The fraction of sp³-hybridized carbons (Fsp3) is 0.0968. The van der Waals surface area contributed by atoms with Gasteiger partial charge in [0.05, 0.1) is 11.4 Å². The van der Waals surface area contributed by atoms with Crippen LogP contribution in [0.5, 0.6) is 11.5 Å². The van der Waals surface area contributed by atoms with E-state index in [1.807, 2.05) is 98.8 Å². The monoisotopic (exact) mass is 458 g/mol. The van der Waals surface area contributed by atoms with Crippen LogP contribution >= 0.6 is 0 Å². The Morgan fingerprint density at radius 3 is 1.40 bits per heavy atom. The predicted molar refractivity (Wildman–Crippen MR) is 143 cm³/mol. The molecule has 0 unspecified atom stereocenters. The SMILES string of the molecule is CC(C)(c1cccc(-c2cc3ccccc3[nH]2)c1O)c1cccc(-c2cc3ccccc3[nH]2)c1O. The van der Waals surface area contributed by atoms with Gasteiger partial charge < -0.3 is 20.2 Å². The summed E-state index contributed by atoms with van der Waals surface area (Å²) in [5.74, 6) is 0.416. The van der Waals surface area contributed by atoms with Crippen molar-refractivity contribution >= 4 is 21.8 Å². The third-order valence-electron chi connectivity index (χ3n) is 7.06. The van der Waals surface area contributed by atoms with Crippen molar-refractivity contribution in [1.82, 2.24) is 9.97 Å². The maximum absolute atomic E-state index is 11.4. The first-order valence-electron chi connectivity index (χ1n) is 11.7. The Morgan fingerprint density at radius 1 is 0.543 bits per heavy atom. The number of phenolic OH excluding ortho intramolecular Hbond substituents is 2. The van der Waals surface area contributed by atoms with Crippen molar-refractivity contribution in [3.05, 3.63) is 108 Å². The minimum atomic E-state index is -0.655. The van der Waals surface area contributed by atoms with Crippen LogP contribution in [0.4, 0.5) is 0 Å². The highest BCUT2D eigenvalue weighted by molar-refractivity contribution is 5.88. The Kier molecular flexibility index (Phi) is 4.71. The number of hydrogen-bond donors (Lipinski definition) is 4. The van der Waals surface area contributed by atoms with Crippen LogP contribution < -0.4 is 0 Å². The van der Waals surface area contributed by atoms with Crippen molar-refractivity contribution in [2.45, 2.75) is 19.3 Å². The molecule has 0 fully saturated rings. The molecule has 2 heterocycles.